The summed E-state index contributed by atoms with van der Waals surface area (Å²) in [6.07, 6.45) is 6.17. The van der Waals surface area contributed by atoms with Gasteiger partial charge in [0.1, 0.15) is 5.75 Å². The Morgan fingerprint density at radius 3 is 2.43 bits per heavy atom. The molecule has 1 amide bonds. The number of hydrogen-bond donors (Lipinski definition) is 3. The van der Waals surface area contributed by atoms with Gasteiger partial charge in [-0.1, -0.05) is 18.2 Å². The molecule has 2 aromatic carbocycles. The molecular formula is C25H27N7O4S. The molecule has 1 fully saturated rings. The lowest BCUT2D eigenvalue weighted by atomic mass is 9.89. The zero-order valence-electron chi connectivity index (χ0n) is 20.2. The quantitative estimate of drug-likeness (QED) is 0.300. The monoisotopic (exact) mass is 521 g/mol. The summed E-state index contributed by atoms with van der Waals surface area (Å²) >= 11 is 0. The van der Waals surface area contributed by atoms with E-state index in [0.717, 1.165) is 31.2 Å². The van der Waals surface area contributed by atoms with E-state index in [1.165, 1.54) is 12.5 Å². The van der Waals surface area contributed by atoms with Gasteiger partial charge in [-0.3, -0.25) is 9.52 Å². The second kappa shape index (κ2) is 10.1. The fourth-order valence-corrected chi connectivity index (χ4v) is 5.42. The molecule has 3 N–H and O–H groups in total. The van der Waals surface area contributed by atoms with Crippen LogP contribution in [0.3, 0.4) is 0 Å². The maximum absolute atomic E-state index is 13.0. The third-order valence-corrected chi connectivity index (χ3v) is 7.63. The van der Waals surface area contributed by atoms with Gasteiger partial charge < -0.3 is 19.9 Å². The number of fused-ring (bicyclic) bond motifs is 1. The van der Waals surface area contributed by atoms with Crippen LogP contribution in [0.5, 0.6) is 5.75 Å². The van der Waals surface area contributed by atoms with Crippen LogP contribution in [0.4, 0.5) is 17.3 Å². The average molecular weight is 522 g/mol. The molecule has 1 saturated heterocycles. The molecule has 0 saturated carbocycles. The van der Waals surface area contributed by atoms with Gasteiger partial charge in [0, 0.05) is 38.1 Å². The lowest BCUT2D eigenvalue weighted by molar-refractivity contribution is -0.119. The number of anilines is 3. The highest BCUT2D eigenvalue weighted by molar-refractivity contribution is 7.92. The van der Waals surface area contributed by atoms with Crippen LogP contribution in [-0.4, -0.2) is 57.4 Å². The number of carbonyl (C=O) groups excluding carboxylic acids is 1. The minimum atomic E-state index is -4.03. The number of aromatic hydroxyl groups is 1. The standard InChI is InChI=1S/C25H27N7O4S/c1-31-14-23(26-15-31)37(35,36)30-25-24(27-20-4-2-3-5-21(20)28-25)29-22-13-19(34)7-6-18(22)12-17-8-10-32(16-33)11-9-17/h2-7,13-17,34H,8-12H2,1H3,(H,27,29)(H,28,30). The smallest absolute Gasteiger partial charge is 0.282 e. The number of amides is 1. The van der Waals surface area contributed by atoms with Crippen LogP contribution in [-0.2, 0) is 28.3 Å². The third kappa shape index (κ3) is 5.48. The number of hydrogen-bond acceptors (Lipinski definition) is 8. The maximum atomic E-state index is 13.0. The Morgan fingerprint density at radius 2 is 1.78 bits per heavy atom. The number of likely N-dealkylation sites (tertiary alicyclic amines) is 1. The number of sulfonamides is 1. The first-order chi connectivity index (χ1) is 17.8. The molecule has 5 rings (SSSR count). The van der Waals surface area contributed by atoms with Gasteiger partial charge in [-0.2, -0.15) is 8.42 Å². The Hall–Kier alpha value is -4.19. The number of carbonyl (C=O) groups is 1. The van der Waals surface area contributed by atoms with Gasteiger partial charge in [-0.15, -0.1) is 0 Å². The van der Waals surface area contributed by atoms with Crippen LogP contribution in [0.1, 0.15) is 18.4 Å². The molecule has 0 unspecified atom stereocenters. The molecule has 1 aliphatic rings. The Balaban J connectivity index is 1.49. The van der Waals surface area contributed by atoms with Crippen molar-refractivity contribution in [3.05, 3.63) is 60.6 Å². The number of phenols is 1. The minimum Gasteiger partial charge on any atom is -0.508 e. The Morgan fingerprint density at radius 1 is 1.08 bits per heavy atom. The number of phenolic OH excluding ortho intramolecular Hbond substituents is 1. The van der Waals surface area contributed by atoms with Crippen LogP contribution in [0.2, 0.25) is 0 Å². The van der Waals surface area contributed by atoms with E-state index in [4.69, 9.17) is 0 Å². The Labute approximate surface area is 214 Å². The van der Waals surface area contributed by atoms with Crippen molar-refractivity contribution in [3.63, 3.8) is 0 Å². The minimum absolute atomic E-state index is 0.0120. The largest absolute Gasteiger partial charge is 0.508 e. The van der Waals surface area contributed by atoms with Gasteiger partial charge in [-0.25, -0.2) is 15.0 Å². The summed E-state index contributed by atoms with van der Waals surface area (Å²) in [7, 11) is -2.35. The molecule has 11 nitrogen and oxygen atoms in total. The van der Waals surface area contributed by atoms with Gasteiger partial charge in [-0.05, 0) is 48.9 Å². The summed E-state index contributed by atoms with van der Waals surface area (Å²) in [4.78, 5) is 25.9. The van der Waals surface area contributed by atoms with E-state index >= 15 is 0 Å². The van der Waals surface area contributed by atoms with Crippen molar-refractivity contribution in [1.82, 2.24) is 24.4 Å². The van der Waals surface area contributed by atoms with Crippen molar-refractivity contribution in [1.29, 1.82) is 0 Å². The van der Waals surface area contributed by atoms with E-state index in [0.29, 0.717) is 35.7 Å². The van der Waals surface area contributed by atoms with Crippen LogP contribution < -0.4 is 10.0 Å². The van der Waals surface area contributed by atoms with Crippen molar-refractivity contribution in [3.8, 4) is 5.75 Å². The van der Waals surface area contributed by atoms with Crippen molar-refractivity contribution in [2.24, 2.45) is 13.0 Å². The Bertz CT molecular complexity index is 1550. The topological polar surface area (TPSA) is 142 Å². The molecule has 2 aromatic heterocycles. The molecule has 0 spiro atoms. The molecule has 0 radical (unpaired) electrons. The molecule has 4 aromatic rings. The number of benzene rings is 2. The van der Waals surface area contributed by atoms with E-state index < -0.39 is 10.0 Å². The Kier molecular flexibility index (Phi) is 6.66. The summed E-state index contributed by atoms with van der Waals surface area (Å²) in [6, 6.07) is 12.2. The van der Waals surface area contributed by atoms with Gasteiger partial charge in [0.15, 0.2) is 16.7 Å². The second-order valence-corrected chi connectivity index (χ2v) is 10.8. The predicted molar refractivity (Wildman–Crippen MR) is 139 cm³/mol. The SMILES string of the molecule is Cn1cnc(S(=O)(=O)Nc2nc3ccccc3nc2Nc2cc(O)ccc2CC2CCN(C=O)CC2)c1. The van der Waals surface area contributed by atoms with Crippen molar-refractivity contribution in [2.45, 2.75) is 24.3 Å². The first-order valence-electron chi connectivity index (χ1n) is 11.9. The number of piperidine rings is 1. The van der Waals surface area contributed by atoms with Gasteiger partial charge in [0.05, 0.1) is 17.4 Å². The fourth-order valence-electron chi connectivity index (χ4n) is 4.43. The van der Waals surface area contributed by atoms with Crippen molar-refractivity contribution >= 4 is 44.8 Å². The van der Waals surface area contributed by atoms with Crippen molar-refractivity contribution < 1.29 is 18.3 Å². The highest BCUT2D eigenvalue weighted by Crippen LogP contribution is 2.32. The molecular weight excluding hydrogens is 494 g/mol. The molecule has 1 aliphatic heterocycles. The summed E-state index contributed by atoms with van der Waals surface area (Å²) in [6.45, 7) is 1.43. The number of nitrogens with zero attached hydrogens (tertiary/aromatic N) is 5. The summed E-state index contributed by atoms with van der Waals surface area (Å²) in [5.74, 6) is 0.635. The first kappa shape index (κ1) is 24.5. The van der Waals surface area contributed by atoms with E-state index in [1.54, 1.807) is 46.8 Å². The van der Waals surface area contributed by atoms with Crippen LogP contribution >= 0.6 is 0 Å². The van der Waals surface area contributed by atoms with Gasteiger partial charge in [0.25, 0.3) is 10.0 Å². The maximum Gasteiger partial charge on any atom is 0.282 e. The highest BCUT2D eigenvalue weighted by Gasteiger charge is 2.23. The molecule has 12 heteroatoms. The number of rotatable bonds is 8. The number of para-hydroxylation sites is 2. The zero-order chi connectivity index (χ0) is 26.0. The summed E-state index contributed by atoms with van der Waals surface area (Å²) in [5, 5.41) is 13.3. The lowest BCUT2D eigenvalue weighted by Crippen LogP contribution is -2.33. The summed E-state index contributed by atoms with van der Waals surface area (Å²) in [5.41, 5.74) is 2.63. The molecule has 0 aliphatic carbocycles. The molecule has 37 heavy (non-hydrogen) atoms. The first-order valence-corrected chi connectivity index (χ1v) is 13.3. The lowest BCUT2D eigenvalue weighted by Gasteiger charge is -2.29. The highest BCUT2D eigenvalue weighted by atomic mass is 32.2. The molecule has 0 bridgehead atoms. The van der Waals surface area contributed by atoms with Gasteiger partial charge in [0.2, 0.25) is 6.41 Å². The van der Waals surface area contributed by atoms with Crippen LogP contribution in [0.25, 0.3) is 11.0 Å². The zero-order valence-corrected chi connectivity index (χ0v) is 21.0. The number of nitrogens with one attached hydrogen (secondary N) is 2. The van der Waals surface area contributed by atoms with E-state index in [-0.39, 0.29) is 22.4 Å². The third-order valence-electron chi connectivity index (χ3n) is 6.41. The fraction of sp³-hybridized carbons (Fsp3) is 0.280. The number of aryl methyl sites for hydroxylation is 1. The summed E-state index contributed by atoms with van der Waals surface area (Å²) < 4.78 is 30.1. The van der Waals surface area contributed by atoms with E-state index in [9.17, 15) is 18.3 Å². The van der Waals surface area contributed by atoms with Crippen molar-refractivity contribution in [2.75, 3.05) is 23.1 Å². The average Bonchev–Trinajstić information content (AvgIpc) is 3.33. The molecule has 0 atom stereocenters. The van der Waals surface area contributed by atoms with E-state index in [2.05, 4.69) is 25.0 Å². The number of imidazole rings is 1. The van der Waals surface area contributed by atoms with Gasteiger partial charge >= 0.3 is 0 Å². The second-order valence-electron chi connectivity index (χ2n) is 9.15. The predicted octanol–water partition coefficient (Wildman–Crippen LogP) is 3.02. The normalized spacial score (nSPS) is 14.6. The molecule has 192 valence electrons. The number of aromatic nitrogens is 4. The van der Waals surface area contributed by atoms with E-state index in [1.807, 2.05) is 12.1 Å². The van der Waals surface area contributed by atoms with Crippen LogP contribution in [0.15, 0.2) is 60.0 Å². The molecule has 3 heterocycles. The van der Waals surface area contributed by atoms with Crippen LogP contribution in [0, 0.1) is 5.92 Å².